The maximum atomic E-state index is 5.99. The topological polar surface area (TPSA) is 38.0 Å². The number of nitrogens with two attached hydrogens (primary N) is 1. The molecule has 3 N–H and O–H groups in total. The van der Waals surface area contributed by atoms with Crippen molar-refractivity contribution in [3.05, 3.63) is 12.2 Å². The molecule has 15 heavy (non-hydrogen) atoms. The van der Waals surface area contributed by atoms with Crippen molar-refractivity contribution >= 4 is 0 Å². The van der Waals surface area contributed by atoms with E-state index >= 15 is 0 Å². The van der Waals surface area contributed by atoms with Crippen LogP contribution in [0.15, 0.2) is 12.2 Å². The van der Waals surface area contributed by atoms with E-state index in [0.717, 1.165) is 6.54 Å². The van der Waals surface area contributed by atoms with Gasteiger partial charge >= 0.3 is 0 Å². The third-order valence-corrected chi connectivity index (χ3v) is 4.01. The minimum Gasteiger partial charge on any atom is -0.329 e. The van der Waals surface area contributed by atoms with Crippen LogP contribution in [0.25, 0.3) is 0 Å². The summed E-state index contributed by atoms with van der Waals surface area (Å²) < 4.78 is 0. The third-order valence-electron chi connectivity index (χ3n) is 4.01. The fourth-order valence-electron chi connectivity index (χ4n) is 3.19. The average Bonchev–Trinajstić information content (AvgIpc) is 2.75. The van der Waals surface area contributed by atoms with E-state index in [1.165, 1.54) is 32.1 Å². The summed E-state index contributed by atoms with van der Waals surface area (Å²) in [7, 11) is 0. The van der Waals surface area contributed by atoms with E-state index in [9.17, 15) is 0 Å². The Labute approximate surface area is 93.3 Å². The van der Waals surface area contributed by atoms with Gasteiger partial charge in [-0.1, -0.05) is 26.0 Å². The molecule has 86 valence electrons. The van der Waals surface area contributed by atoms with Crippen LogP contribution in [0.5, 0.6) is 0 Å². The third kappa shape index (κ3) is 2.43. The van der Waals surface area contributed by atoms with Gasteiger partial charge in [0.25, 0.3) is 0 Å². The van der Waals surface area contributed by atoms with Crippen LogP contribution in [0.2, 0.25) is 0 Å². The zero-order valence-electron chi connectivity index (χ0n) is 10.1. The lowest BCUT2D eigenvalue weighted by molar-refractivity contribution is 0.265. The smallest absolute Gasteiger partial charge is 0.0311 e. The van der Waals surface area contributed by atoms with Crippen LogP contribution >= 0.6 is 0 Å². The highest BCUT2D eigenvalue weighted by Gasteiger charge is 2.43. The molecule has 2 rings (SSSR count). The molecule has 0 saturated heterocycles. The van der Waals surface area contributed by atoms with E-state index in [1.54, 1.807) is 0 Å². The zero-order chi connectivity index (χ0) is 10.9. The summed E-state index contributed by atoms with van der Waals surface area (Å²) in [5.74, 6) is 0. The fourth-order valence-corrected chi connectivity index (χ4v) is 3.19. The first kappa shape index (κ1) is 11.2. The normalized spacial score (nSPS) is 35.1. The molecule has 0 spiro atoms. The molecule has 1 fully saturated rings. The van der Waals surface area contributed by atoms with Crippen molar-refractivity contribution in [2.24, 2.45) is 11.1 Å². The molecule has 0 radical (unpaired) electrons. The molecule has 2 aliphatic rings. The lowest BCUT2D eigenvalue weighted by Crippen LogP contribution is -2.53. The maximum Gasteiger partial charge on any atom is 0.0311 e. The van der Waals surface area contributed by atoms with Crippen molar-refractivity contribution < 1.29 is 0 Å². The van der Waals surface area contributed by atoms with E-state index in [1.807, 2.05) is 0 Å². The molecule has 0 aromatic heterocycles. The number of hydrogen-bond donors (Lipinski definition) is 2. The summed E-state index contributed by atoms with van der Waals surface area (Å²) >= 11 is 0. The van der Waals surface area contributed by atoms with Gasteiger partial charge in [0.15, 0.2) is 0 Å². The van der Waals surface area contributed by atoms with Crippen molar-refractivity contribution in [3.63, 3.8) is 0 Å². The molecule has 0 amide bonds. The van der Waals surface area contributed by atoms with Gasteiger partial charge in [-0.2, -0.15) is 0 Å². The molecule has 2 aliphatic carbocycles. The number of rotatable bonds is 3. The van der Waals surface area contributed by atoms with Gasteiger partial charge in [-0.25, -0.2) is 0 Å². The predicted octanol–water partition coefficient (Wildman–Crippen LogP) is 2.20. The van der Waals surface area contributed by atoms with Gasteiger partial charge in [0.2, 0.25) is 0 Å². The first-order chi connectivity index (χ1) is 7.05. The van der Waals surface area contributed by atoms with E-state index in [0.29, 0.717) is 11.5 Å². The largest absolute Gasteiger partial charge is 0.329 e. The van der Waals surface area contributed by atoms with Gasteiger partial charge in [-0.15, -0.1) is 0 Å². The van der Waals surface area contributed by atoms with Crippen molar-refractivity contribution in [1.29, 1.82) is 0 Å². The first-order valence-electron chi connectivity index (χ1n) is 6.18. The molecule has 1 saturated carbocycles. The molecule has 2 nitrogen and oxygen atoms in total. The Hall–Kier alpha value is -0.340. The highest BCUT2D eigenvalue weighted by Crippen LogP contribution is 2.43. The van der Waals surface area contributed by atoms with Gasteiger partial charge in [0.1, 0.15) is 0 Å². The molecular formula is C13H24N2. The molecule has 0 aromatic rings. The quantitative estimate of drug-likeness (QED) is 0.698. The predicted molar refractivity (Wildman–Crippen MR) is 64.7 cm³/mol. The van der Waals surface area contributed by atoms with Crippen LogP contribution in [-0.2, 0) is 0 Å². The molecule has 0 heterocycles. The van der Waals surface area contributed by atoms with E-state index in [2.05, 4.69) is 31.3 Å². The Morgan fingerprint density at radius 1 is 1.27 bits per heavy atom. The highest BCUT2D eigenvalue weighted by molar-refractivity contribution is 5.06. The van der Waals surface area contributed by atoms with Crippen LogP contribution in [0.4, 0.5) is 0 Å². The zero-order valence-corrected chi connectivity index (χ0v) is 10.1. The average molecular weight is 208 g/mol. The summed E-state index contributed by atoms with van der Waals surface area (Å²) in [5, 5.41) is 3.81. The van der Waals surface area contributed by atoms with Crippen LogP contribution in [0.3, 0.4) is 0 Å². The van der Waals surface area contributed by atoms with Gasteiger partial charge in [-0.05, 0) is 37.5 Å². The van der Waals surface area contributed by atoms with Gasteiger partial charge in [-0.3, -0.25) is 0 Å². The Kier molecular flexibility index (Phi) is 2.91. The van der Waals surface area contributed by atoms with Gasteiger partial charge < -0.3 is 11.1 Å². The van der Waals surface area contributed by atoms with Crippen LogP contribution in [0, 0.1) is 5.41 Å². The maximum absolute atomic E-state index is 5.99. The second-order valence-corrected chi connectivity index (χ2v) is 6.11. The second kappa shape index (κ2) is 3.91. The van der Waals surface area contributed by atoms with E-state index < -0.39 is 0 Å². The minimum absolute atomic E-state index is 0.222. The summed E-state index contributed by atoms with van der Waals surface area (Å²) in [6, 6.07) is 0.641. The monoisotopic (exact) mass is 208 g/mol. The summed E-state index contributed by atoms with van der Waals surface area (Å²) in [6.07, 6.45) is 10.7. The Morgan fingerprint density at radius 2 is 1.93 bits per heavy atom. The summed E-state index contributed by atoms with van der Waals surface area (Å²) in [5.41, 5.74) is 6.68. The van der Waals surface area contributed by atoms with Crippen LogP contribution < -0.4 is 11.1 Å². The summed E-state index contributed by atoms with van der Waals surface area (Å²) in [6.45, 7) is 5.50. The van der Waals surface area contributed by atoms with Gasteiger partial charge in [0, 0.05) is 18.1 Å². The Bertz CT molecular complexity index is 249. The molecule has 1 unspecified atom stereocenters. The summed E-state index contributed by atoms with van der Waals surface area (Å²) in [4.78, 5) is 0. The molecule has 0 aromatic carbocycles. The molecule has 1 atom stereocenters. The van der Waals surface area contributed by atoms with Crippen molar-refractivity contribution in [3.8, 4) is 0 Å². The van der Waals surface area contributed by atoms with Crippen molar-refractivity contribution in [2.75, 3.05) is 6.54 Å². The van der Waals surface area contributed by atoms with E-state index in [4.69, 9.17) is 5.73 Å². The van der Waals surface area contributed by atoms with Crippen molar-refractivity contribution in [2.45, 2.75) is 57.5 Å². The standard InChI is InChI=1S/C13H24N2/c1-12(2)7-8-13(9-12,10-14)15-11-5-3-4-6-11/h3-4,11,15H,5-10,14H2,1-2H3. The van der Waals surface area contributed by atoms with Crippen molar-refractivity contribution in [1.82, 2.24) is 5.32 Å². The molecule has 0 aliphatic heterocycles. The highest BCUT2D eigenvalue weighted by atomic mass is 15.0. The fraction of sp³-hybridized carbons (Fsp3) is 0.846. The number of hydrogen-bond acceptors (Lipinski definition) is 2. The molecular weight excluding hydrogens is 184 g/mol. The first-order valence-corrected chi connectivity index (χ1v) is 6.18. The molecule has 0 bridgehead atoms. The Balaban J connectivity index is 1.97. The van der Waals surface area contributed by atoms with Crippen LogP contribution in [-0.4, -0.2) is 18.1 Å². The lowest BCUT2D eigenvalue weighted by Gasteiger charge is -2.34. The Morgan fingerprint density at radius 3 is 2.40 bits per heavy atom. The van der Waals surface area contributed by atoms with Crippen LogP contribution in [0.1, 0.15) is 46.0 Å². The SMILES string of the molecule is CC1(C)CCC(CN)(NC2CC=CC2)C1. The number of nitrogens with one attached hydrogen (secondary N) is 1. The lowest BCUT2D eigenvalue weighted by atomic mass is 9.87. The van der Waals surface area contributed by atoms with E-state index in [-0.39, 0.29) is 5.54 Å². The van der Waals surface area contributed by atoms with Gasteiger partial charge in [0.05, 0.1) is 0 Å². The second-order valence-electron chi connectivity index (χ2n) is 6.11. The minimum atomic E-state index is 0.222. The molecule has 2 heteroatoms.